The summed E-state index contributed by atoms with van der Waals surface area (Å²) in [6.07, 6.45) is 1.21. The number of benzene rings is 1. The van der Waals surface area contributed by atoms with Gasteiger partial charge in [-0.25, -0.2) is 0 Å². The molecule has 0 spiro atoms. The Morgan fingerprint density at radius 1 is 1.04 bits per heavy atom. The van der Waals surface area contributed by atoms with E-state index in [9.17, 15) is 9.59 Å². The summed E-state index contributed by atoms with van der Waals surface area (Å²) in [6.45, 7) is 9.99. The Bertz CT molecular complexity index is 577. The highest BCUT2D eigenvalue weighted by molar-refractivity contribution is 5.92. The Labute approximate surface area is 152 Å². The van der Waals surface area contributed by atoms with Crippen molar-refractivity contribution in [1.82, 2.24) is 9.80 Å². The molecule has 5 heteroatoms. The van der Waals surface area contributed by atoms with E-state index in [4.69, 9.17) is 0 Å². The summed E-state index contributed by atoms with van der Waals surface area (Å²) in [7, 11) is 4.02. The number of nitrogens with zero attached hydrogens (tertiary/aromatic N) is 2. The van der Waals surface area contributed by atoms with Crippen molar-refractivity contribution < 1.29 is 9.59 Å². The van der Waals surface area contributed by atoms with Crippen LogP contribution in [0.15, 0.2) is 24.3 Å². The fourth-order valence-corrected chi connectivity index (χ4v) is 2.70. The Kier molecular flexibility index (Phi) is 8.10. The summed E-state index contributed by atoms with van der Waals surface area (Å²) in [5.41, 5.74) is 1.92. The maximum absolute atomic E-state index is 12.3. The highest BCUT2D eigenvalue weighted by Gasteiger charge is 2.19. The van der Waals surface area contributed by atoms with Gasteiger partial charge >= 0.3 is 0 Å². The van der Waals surface area contributed by atoms with Crippen LogP contribution in [0.25, 0.3) is 0 Å². The summed E-state index contributed by atoms with van der Waals surface area (Å²) < 4.78 is 0. The predicted molar refractivity (Wildman–Crippen MR) is 104 cm³/mol. The molecule has 25 heavy (non-hydrogen) atoms. The fourth-order valence-electron chi connectivity index (χ4n) is 2.70. The number of anilines is 1. The molecule has 0 aliphatic carbocycles. The average Bonchev–Trinajstić information content (AvgIpc) is 2.49. The molecule has 0 saturated heterocycles. The van der Waals surface area contributed by atoms with Gasteiger partial charge in [0.1, 0.15) is 0 Å². The minimum Gasteiger partial charge on any atom is -0.342 e. The summed E-state index contributed by atoms with van der Waals surface area (Å²) >= 11 is 0. The van der Waals surface area contributed by atoms with E-state index in [0.29, 0.717) is 19.5 Å². The van der Waals surface area contributed by atoms with Crippen molar-refractivity contribution in [3.05, 3.63) is 29.8 Å². The largest absolute Gasteiger partial charge is 0.342 e. The Morgan fingerprint density at radius 2 is 1.68 bits per heavy atom. The van der Waals surface area contributed by atoms with E-state index in [1.54, 1.807) is 11.8 Å². The lowest BCUT2D eigenvalue weighted by Crippen LogP contribution is -2.34. The standard InChI is InChI=1S/C20H33N3O2/c1-16(24)23(14-9-13-22(5)6)15-12-19(25)21-18-11-8-7-10-17(18)20(2,3)4/h7-8,10-11H,9,12-15H2,1-6H3,(H,21,25). The molecule has 0 aliphatic heterocycles. The molecule has 0 radical (unpaired) electrons. The minimum absolute atomic E-state index is 0.0154. The second-order valence-corrected chi connectivity index (χ2v) is 7.76. The van der Waals surface area contributed by atoms with Crippen molar-refractivity contribution in [1.29, 1.82) is 0 Å². The normalized spacial score (nSPS) is 11.5. The van der Waals surface area contributed by atoms with E-state index in [2.05, 4.69) is 31.0 Å². The quantitative estimate of drug-likeness (QED) is 0.786. The number of hydrogen-bond acceptors (Lipinski definition) is 3. The first-order chi connectivity index (χ1) is 11.6. The van der Waals surface area contributed by atoms with Crippen LogP contribution in [0.3, 0.4) is 0 Å². The van der Waals surface area contributed by atoms with Crippen molar-refractivity contribution in [2.45, 2.75) is 46.0 Å². The van der Waals surface area contributed by atoms with Gasteiger partial charge in [-0.05, 0) is 44.1 Å². The topological polar surface area (TPSA) is 52.7 Å². The third-order valence-electron chi connectivity index (χ3n) is 4.10. The van der Waals surface area contributed by atoms with Crippen molar-refractivity contribution in [2.24, 2.45) is 0 Å². The van der Waals surface area contributed by atoms with Gasteiger partial charge in [0.15, 0.2) is 0 Å². The van der Waals surface area contributed by atoms with Gasteiger partial charge in [-0.2, -0.15) is 0 Å². The van der Waals surface area contributed by atoms with Gasteiger partial charge < -0.3 is 15.1 Å². The molecular weight excluding hydrogens is 314 g/mol. The maximum atomic E-state index is 12.3. The second kappa shape index (κ2) is 9.56. The van der Waals surface area contributed by atoms with E-state index in [1.165, 1.54) is 0 Å². The van der Waals surface area contributed by atoms with Crippen LogP contribution in [-0.4, -0.2) is 55.3 Å². The number of hydrogen-bond donors (Lipinski definition) is 1. The van der Waals surface area contributed by atoms with E-state index in [0.717, 1.165) is 24.2 Å². The van der Waals surface area contributed by atoms with Crippen LogP contribution in [0.2, 0.25) is 0 Å². The van der Waals surface area contributed by atoms with Crippen LogP contribution in [-0.2, 0) is 15.0 Å². The zero-order valence-corrected chi connectivity index (χ0v) is 16.6. The number of rotatable bonds is 8. The molecule has 1 aromatic rings. The Morgan fingerprint density at radius 3 is 2.24 bits per heavy atom. The van der Waals surface area contributed by atoms with E-state index in [-0.39, 0.29) is 17.2 Å². The van der Waals surface area contributed by atoms with Crippen molar-refractivity contribution in [3.63, 3.8) is 0 Å². The number of carbonyl (C=O) groups excluding carboxylic acids is 2. The monoisotopic (exact) mass is 347 g/mol. The molecule has 1 rings (SSSR count). The molecule has 0 bridgehead atoms. The lowest BCUT2D eigenvalue weighted by molar-refractivity contribution is -0.129. The first-order valence-electron chi connectivity index (χ1n) is 8.91. The molecule has 0 saturated carbocycles. The zero-order valence-electron chi connectivity index (χ0n) is 16.6. The molecule has 0 atom stereocenters. The molecule has 0 aliphatic rings. The second-order valence-electron chi connectivity index (χ2n) is 7.76. The molecular formula is C20H33N3O2. The van der Waals surface area contributed by atoms with Gasteiger partial charge in [0, 0.05) is 32.1 Å². The maximum Gasteiger partial charge on any atom is 0.226 e. The molecule has 0 unspecified atom stereocenters. The zero-order chi connectivity index (χ0) is 19.0. The molecule has 140 valence electrons. The molecule has 0 fully saturated rings. The van der Waals surface area contributed by atoms with Crippen molar-refractivity contribution >= 4 is 17.5 Å². The van der Waals surface area contributed by atoms with Crippen molar-refractivity contribution in [2.75, 3.05) is 39.0 Å². The van der Waals surface area contributed by atoms with Crippen LogP contribution in [0.1, 0.15) is 46.1 Å². The van der Waals surface area contributed by atoms with Crippen molar-refractivity contribution in [3.8, 4) is 0 Å². The molecule has 1 N–H and O–H groups in total. The highest BCUT2D eigenvalue weighted by Crippen LogP contribution is 2.29. The molecule has 1 aromatic carbocycles. The molecule has 2 amide bonds. The average molecular weight is 348 g/mol. The van der Waals surface area contributed by atoms with Crippen LogP contribution in [0, 0.1) is 0 Å². The molecule has 0 aromatic heterocycles. The minimum atomic E-state index is -0.0597. The fraction of sp³-hybridized carbons (Fsp3) is 0.600. The molecule has 5 nitrogen and oxygen atoms in total. The van der Waals surface area contributed by atoms with E-state index >= 15 is 0 Å². The number of para-hydroxylation sites is 1. The first-order valence-corrected chi connectivity index (χ1v) is 8.91. The number of nitrogens with one attached hydrogen (secondary N) is 1. The summed E-state index contributed by atoms with van der Waals surface area (Å²) in [5, 5.41) is 3.00. The number of amides is 2. The van der Waals surface area contributed by atoms with E-state index < -0.39 is 0 Å². The van der Waals surface area contributed by atoms with Crippen LogP contribution in [0.4, 0.5) is 5.69 Å². The SMILES string of the molecule is CC(=O)N(CCCN(C)C)CCC(=O)Nc1ccccc1C(C)(C)C. The van der Waals surface area contributed by atoms with Gasteiger partial charge in [0.25, 0.3) is 0 Å². The lowest BCUT2D eigenvalue weighted by Gasteiger charge is -2.24. The van der Waals surface area contributed by atoms with Gasteiger partial charge in [0.2, 0.25) is 11.8 Å². The van der Waals surface area contributed by atoms with Crippen LogP contribution < -0.4 is 5.32 Å². The number of carbonyl (C=O) groups is 2. The van der Waals surface area contributed by atoms with Gasteiger partial charge in [0.05, 0.1) is 0 Å². The predicted octanol–water partition coefficient (Wildman–Crippen LogP) is 3.11. The smallest absolute Gasteiger partial charge is 0.226 e. The first kappa shape index (κ1) is 21.2. The van der Waals surface area contributed by atoms with Crippen LogP contribution in [0.5, 0.6) is 0 Å². The van der Waals surface area contributed by atoms with Gasteiger partial charge in [-0.1, -0.05) is 39.0 Å². The third-order valence-corrected chi connectivity index (χ3v) is 4.10. The summed E-state index contributed by atoms with van der Waals surface area (Å²) in [4.78, 5) is 27.9. The van der Waals surface area contributed by atoms with Crippen LogP contribution >= 0.6 is 0 Å². The summed E-state index contributed by atoms with van der Waals surface area (Å²) in [5.74, 6) is -0.0443. The van der Waals surface area contributed by atoms with E-state index in [1.807, 2.05) is 38.4 Å². The Hall–Kier alpha value is -1.88. The third kappa shape index (κ3) is 7.69. The summed E-state index contributed by atoms with van der Waals surface area (Å²) in [6, 6.07) is 7.88. The highest BCUT2D eigenvalue weighted by atomic mass is 16.2. The Balaban J connectivity index is 2.60. The van der Waals surface area contributed by atoms with Gasteiger partial charge in [-0.3, -0.25) is 9.59 Å². The van der Waals surface area contributed by atoms with Gasteiger partial charge in [-0.15, -0.1) is 0 Å². The lowest BCUT2D eigenvalue weighted by atomic mass is 9.86. The molecule has 0 heterocycles.